The van der Waals surface area contributed by atoms with E-state index in [1.165, 1.54) is 6.20 Å². The standard InChI is InChI=1S/C27H38N4O4/c1-19-10-16-31(33)21(3)25(19)26(32)28-13-9-20(2)30-14-11-24(12-15-30)29-23-7-5-22(6-8-23)27(4)34-17-18-35-27/h5-8,10,16,20,24,29H,9,11-15,17-18H2,1-4H3,(H,28,32)/t20-/m1/s1. The predicted molar refractivity (Wildman–Crippen MR) is 135 cm³/mol. The molecule has 35 heavy (non-hydrogen) atoms. The molecule has 0 unspecified atom stereocenters. The van der Waals surface area contributed by atoms with E-state index < -0.39 is 5.79 Å². The largest absolute Gasteiger partial charge is 0.618 e. The average Bonchev–Trinajstić information content (AvgIpc) is 3.30. The second-order valence-electron chi connectivity index (χ2n) is 9.85. The fourth-order valence-corrected chi connectivity index (χ4v) is 5.05. The van der Waals surface area contributed by atoms with Gasteiger partial charge in [-0.05, 0) is 57.7 Å². The molecule has 2 aromatic rings. The maximum absolute atomic E-state index is 12.6. The highest BCUT2D eigenvalue weighted by Crippen LogP contribution is 2.31. The van der Waals surface area contributed by atoms with Gasteiger partial charge in [-0.3, -0.25) is 4.79 Å². The Bertz CT molecular complexity index is 1010. The van der Waals surface area contributed by atoms with Gasteiger partial charge >= 0.3 is 0 Å². The number of nitrogens with zero attached hydrogens (tertiary/aromatic N) is 2. The number of hydrogen-bond acceptors (Lipinski definition) is 6. The molecule has 0 spiro atoms. The summed E-state index contributed by atoms with van der Waals surface area (Å²) in [5.74, 6) is -0.803. The molecule has 0 bridgehead atoms. The topological polar surface area (TPSA) is 89.8 Å². The first kappa shape index (κ1) is 25.4. The van der Waals surface area contributed by atoms with Crippen LogP contribution in [0.25, 0.3) is 0 Å². The lowest BCUT2D eigenvalue weighted by Gasteiger charge is -2.36. The predicted octanol–water partition coefficient (Wildman–Crippen LogP) is 3.24. The minimum atomic E-state index is -0.629. The molecule has 4 rings (SSSR count). The maximum atomic E-state index is 12.6. The van der Waals surface area contributed by atoms with Crippen LogP contribution >= 0.6 is 0 Å². The van der Waals surface area contributed by atoms with Crippen LogP contribution in [0.1, 0.15) is 60.3 Å². The summed E-state index contributed by atoms with van der Waals surface area (Å²) in [6.45, 7) is 11.6. The van der Waals surface area contributed by atoms with E-state index in [-0.39, 0.29) is 5.91 Å². The average molecular weight is 483 g/mol. The van der Waals surface area contributed by atoms with Crippen molar-refractivity contribution in [3.8, 4) is 0 Å². The Labute approximate surface area is 208 Å². The first-order chi connectivity index (χ1) is 16.8. The van der Waals surface area contributed by atoms with Gasteiger partial charge in [-0.2, -0.15) is 4.73 Å². The van der Waals surface area contributed by atoms with Gasteiger partial charge in [0.15, 0.2) is 12.0 Å². The van der Waals surface area contributed by atoms with Gasteiger partial charge in [-0.1, -0.05) is 12.1 Å². The number of amides is 1. The zero-order valence-corrected chi connectivity index (χ0v) is 21.3. The van der Waals surface area contributed by atoms with E-state index in [0.29, 0.717) is 43.1 Å². The van der Waals surface area contributed by atoms with Gasteiger partial charge in [0.05, 0.1) is 13.2 Å². The van der Waals surface area contributed by atoms with Gasteiger partial charge in [-0.15, -0.1) is 0 Å². The number of aromatic nitrogens is 1. The molecule has 2 saturated heterocycles. The lowest BCUT2D eigenvalue weighted by Crippen LogP contribution is -2.44. The summed E-state index contributed by atoms with van der Waals surface area (Å²) in [4.78, 5) is 15.1. The zero-order chi connectivity index (χ0) is 25.0. The van der Waals surface area contributed by atoms with E-state index in [2.05, 4.69) is 46.7 Å². The summed E-state index contributed by atoms with van der Waals surface area (Å²) < 4.78 is 12.2. The molecule has 1 aromatic carbocycles. The molecule has 1 aromatic heterocycles. The Hall–Kier alpha value is -2.68. The first-order valence-corrected chi connectivity index (χ1v) is 12.6. The second kappa shape index (κ2) is 10.9. The Morgan fingerprint density at radius 3 is 2.49 bits per heavy atom. The summed E-state index contributed by atoms with van der Waals surface area (Å²) in [6.07, 6.45) is 4.47. The zero-order valence-electron chi connectivity index (χ0n) is 21.3. The van der Waals surface area contributed by atoms with Crippen molar-refractivity contribution in [2.75, 3.05) is 38.2 Å². The van der Waals surface area contributed by atoms with Gasteiger partial charge in [0.1, 0.15) is 5.56 Å². The Morgan fingerprint density at radius 1 is 1.17 bits per heavy atom. The van der Waals surface area contributed by atoms with Gasteiger partial charge < -0.3 is 30.2 Å². The van der Waals surface area contributed by atoms with Crippen LogP contribution in [0.15, 0.2) is 36.5 Å². The van der Waals surface area contributed by atoms with E-state index in [9.17, 15) is 10.0 Å². The molecular weight excluding hydrogens is 444 g/mol. The van der Waals surface area contributed by atoms with Crippen molar-refractivity contribution >= 4 is 11.6 Å². The molecule has 2 fully saturated rings. The molecule has 190 valence electrons. The summed E-state index contributed by atoms with van der Waals surface area (Å²) in [5, 5.41) is 18.5. The van der Waals surface area contributed by atoms with Gasteiger partial charge in [0.2, 0.25) is 5.69 Å². The number of nitrogens with one attached hydrogen (secondary N) is 2. The normalized spacial score (nSPS) is 19.4. The highest BCUT2D eigenvalue weighted by atomic mass is 16.7. The third-order valence-electron chi connectivity index (χ3n) is 7.39. The number of likely N-dealkylation sites (tertiary alicyclic amines) is 1. The van der Waals surface area contributed by atoms with Crippen molar-refractivity contribution in [2.45, 2.75) is 64.8 Å². The molecule has 2 aliphatic rings. The number of piperidine rings is 1. The molecular formula is C27H38N4O4. The number of carbonyl (C=O) groups is 1. The fraction of sp³-hybridized carbons (Fsp3) is 0.556. The SMILES string of the molecule is Cc1cc[n+]([O-])c(C)c1C(=O)NCC[C@@H](C)N1CCC(Nc2ccc(C3(C)OCCO3)cc2)CC1. The maximum Gasteiger partial charge on any atom is 0.257 e. The van der Waals surface area contributed by atoms with Crippen molar-refractivity contribution < 1.29 is 19.0 Å². The number of anilines is 1. The van der Waals surface area contributed by atoms with Crippen molar-refractivity contribution in [3.05, 3.63) is 64.1 Å². The monoisotopic (exact) mass is 482 g/mol. The van der Waals surface area contributed by atoms with E-state index in [4.69, 9.17) is 9.47 Å². The molecule has 0 radical (unpaired) electrons. The van der Waals surface area contributed by atoms with Gasteiger partial charge in [-0.25, -0.2) is 0 Å². The molecule has 2 N–H and O–H groups in total. The van der Waals surface area contributed by atoms with E-state index >= 15 is 0 Å². The fourth-order valence-electron chi connectivity index (χ4n) is 5.05. The molecule has 0 saturated carbocycles. The van der Waals surface area contributed by atoms with Crippen molar-refractivity contribution in [1.82, 2.24) is 10.2 Å². The molecule has 1 amide bonds. The number of carbonyl (C=O) groups excluding carboxylic acids is 1. The molecule has 8 heteroatoms. The van der Waals surface area contributed by atoms with Crippen LogP contribution in [0.4, 0.5) is 5.69 Å². The lowest BCUT2D eigenvalue weighted by atomic mass is 10.0. The Kier molecular flexibility index (Phi) is 7.94. The van der Waals surface area contributed by atoms with Crippen LogP contribution in [0.3, 0.4) is 0 Å². The second-order valence-corrected chi connectivity index (χ2v) is 9.85. The molecule has 1 atom stereocenters. The molecule has 8 nitrogen and oxygen atoms in total. The first-order valence-electron chi connectivity index (χ1n) is 12.6. The summed E-state index contributed by atoms with van der Waals surface area (Å²) in [5.41, 5.74) is 3.90. The third kappa shape index (κ3) is 5.94. The number of hydrogen-bond donors (Lipinski definition) is 2. The van der Waals surface area contributed by atoms with Gasteiger partial charge in [0, 0.05) is 56.0 Å². The summed E-state index contributed by atoms with van der Waals surface area (Å²) >= 11 is 0. The number of aryl methyl sites for hydroxylation is 1. The van der Waals surface area contributed by atoms with Gasteiger partial charge in [0.25, 0.3) is 5.91 Å². The van der Waals surface area contributed by atoms with Crippen LogP contribution < -0.4 is 15.4 Å². The highest BCUT2D eigenvalue weighted by Gasteiger charge is 2.33. The summed E-state index contributed by atoms with van der Waals surface area (Å²) in [6, 6.07) is 10.9. The Balaban J connectivity index is 1.20. The van der Waals surface area contributed by atoms with E-state index in [0.717, 1.165) is 53.9 Å². The van der Waals surface area contributed by atoms with Crippen LogP contribution in [-0.4, -0.2) is 55.7 Å². The third-order valence-corrected chi connectivity index (χ3v) is 7.39. The van der Waals surface area contributed by atoms with Crippen LogP contribution in [-0.2, 0) is 15.3 Å². The van der Waals surface area contributed by atoms with Crippen molar-refractivity contribution in [1.29, 1.82) is 0 Å². The molecule has 2 aliphatic heterocycles. The van der Waals surface area contributed by atoms with Crippen molar-refractivity contribution in [3.63, 3.8) is 0 Å². The molecule has 3 heterocycles. The van der Waals surface area contributed by atoms with Crippen molar-refractivity contribution in [2.24, 2.45) is 0 Å². The quantitative estimate of drug-likeness (QED) is 0.444. The molecule has 0 aliphatic carbocycles. The van der Waals surface area contributed by atoms with Crippen LogP contribution in [0.2, 0.25) is 0 Å². The minimum absolute atomic E-state index is 0.175. The Morgan fingerprint density at radius 2 is 1.83 bits per heavy atom. The highest BCUT2D eigenvalue weighted by molar-refractivity contribution is 5.96. The minimum Gasteiger partial charge on any atom is -0.618 e. The number of ether oxygens (including phenoxy) is 2. The van der Waals surface area contributed by atoms with Crippen LogP contribution in [0.5, 0.6) is 0 Å². The van der Waals surface area contributed by atoms with Crippen LogP contribution in [0, 0.1) is 19.1 Å². The smallest absolute Gasteiger partial charge is 0.257 e. The number of rotatable bonds is 8. The number of benzene rings is 1. The van der Waals surface area contributed by atoms with E-state index in [1.807, 2.05) is 13.8 Å². The van der Waals surface area contributed by atoms with E-state index in [1.54, 1.807) is 13.0 Å². The number of pyridine rings is 1. The summed E-state index contributed by atoms with van der Waals surface area (Å²) in [7, 11) is 0. The lowest BCUT2D eigenvalue weighted by molar-refractivity contribution is -0.612.